The lowest BCUT2D eigenvalue weighted by Crippen LogP contribution is -2.41. The molecule has 170 valence electrons. The average Bonchev–Trinajstić information content (AvgIpc) is 3.28. The van der Waals surface area contributed by atoms with Gasteiger partial charge in [0.05, 0.1) is 0 Å². The van der Waals surface area contributed by atoms with Crippen LogP contribution >= 0.6 is 0 Å². The van der Waals surface area contributed by atoms with Gasteiger partial charge in [-0.2, -0.15) is 0 Å². The second-order valence-corrected chi connectivity index (χ2v) is 9.67. The van der Waals surface area contributed by atoms with E-state index in [1.54, 1.807) is 6.07 Å². The van der Waals surface area contributed by atoms with Crippen LogP contribution in [0.1, 0.15) is 78.2 Å². The van der Waals surface area contributed by atoms with Crippen molar-refractivity contribution in [3.8, 4) is 0 Å². The van der Waals surface area contributed by atoms with Gasteiger partial charge in [0.2, 0.25) is 0 Å². The Kier molecular flexibility index (Phi) is 7.13. The zero-order chi connectivity index (χ0) is 22.6. The minimum absolute atomic E-state index is 0.0741. The second-order valence-electron chi connectivity index (χ2n) is 9.67. The number of amides is 1. The summed E-state index contributed by atoms with van der Waals surface area (Å²) in [6.45, 7) is 8.72. The third-order valence-corrected chi connectivity index (χ3v) is 6.95. The summed E-state index contributed by atoms with van der Waals surface area (Å²) in [4.78, 5) is 13.4. The zero-order valence-electron chi connectivity index (χ0n) is 19.8. The molecule has 31 heavy (non-hydrogen) atoms. The maximum atomic E-state index is 14.6. The van der Waals surface area contributed by atoms with Crippen molar-refractivity contribution in [3.63, 3.8) is 0 Å². The maximum Gasteiger partial charge on any atom is 0.251 e. The Balaban J connectivity index is 1.85. The molecular weight excluding hydrogens is 389 g/mol. The first-order valence-electron chi connectivity index (χ1n) is 11.7. The van der Waals surface area contributed by atoms with Crippen LogP contribution in [-0.4, -0.2) is 25.0 Å². The molecule has 0 spiro atoms. The fourth-order valence-electron chi connectivity index (χ4n) is 4.87. The summed E-state index contributed by atoms with van der Waals surface area (Å²) in [5.41, 5.74) is 3.23. The van der Waals surface area contributed by atoms with Gasteiger partial charge in [0.25, 0.3) is 5.91 Å². The van der Waals surface area contributed by atoms with Crippen LogP contribution in [0.2, 0.25) is 0 Å². The molecule has 1 aromatic carbocycles. The molecule has 0 saturated heterocycles. The fraction of sp³-hybridized carbons (Fsp3) is 0.577. The largest absolute Gasteiger partial charge is 0.375 e. The van der Waals surface area contributed by atoms with E-state index in [1.807, 2.05) is 33.0 Å². The summed E-state index contributed by atoms with van der Waals surface area (Å²) in [6, 6.07) is 7.03. The Hall–Kier alpha value is -2.30. The predicted octanol–water partition coefficient (Wildman–Crippen LogP) is 5.07. The summed E-state index contributed by atoms with van der Waals surface area (Å²) in [5, 5.41) is 10.1. The Morgan fingerprint density at radius 1 is 1.10 bits per heavy atom. The van der Waals surface area contributed by atoms with Gasteiger partial charge in [0.15, 0.2) is 0 Å². The molecule has 2 fully saturated rings. The second kappa shape index (κ2) is 9.46. The Labute approximate surface area is 186 Å². The highest BCUT2D eigenvalue weighted by Gasteiger charge is 2.39. The van der Waals surface area contributed by atoms with Crippen molar-refractivity contribution in [1.29, 1.82) is 0 Å². The van der Waals surface area contributed by atoms with Crippen molar-refractivity contribution in [2.45, 2.75) is 83.6 Å². The normalized spacial score (nSPS) is 19.3. The molecule has 1 aromatic rings. The molecule has 1 amide bonds. The first-order chi connectivity index (χ1) is 14.7. The predicted molar refractivity (Wildman–Crippen MR) is 125 cm³/mol. The molecule has 2 aliphatic rings. The summed E-state index contributed by atoms with van der Waals surface area (Å²) in [5.74, 6) is 0.683. The van der Waals surface area contributed by atoms with Crippen LogP contribution in [0.5, 0.6) is 0 Å². The van der Waals surface area contributed by atoms with E-state index in [0.717, 1.165) is 73.0 Å². The van der Waals surface area contributed by atoms with Gasteiger partial charge < -0.3 is 16.0 Å². The van der Waals surface area contributed by atoms with Crippen molar-refractivity contribution < 1.29 is 9.18 Å². The van der Waals surface area contributed by atoms with Crippen LogP contribution in [-0.2, 0) is 10.2 Å². The number of carbonyl (C=O) groups is 1. The third-order valence-electron chi connectivity index (χ3n) is 6.95. The molecule has 0 aliphatic heterocycles. The van der Waals surface area contributed by atoms with E-state index in [0.29, 0.717) is 6.54 Å². The van der Waals surface area contributed by atoms with E-state index in [2.05, 4.69) is 29.8 Å². The first kappa shape index (κ1) is 23.4. The number of allylic oxidation sites excluding steroid dienone is 1. The maximum absolute atomic E-state index is 14.6. The highest BCUT2D eigenvalue weighted by atomic mass is 19.1. The minimum atomic E-state index is -0.324. The molecule has 0 bridgehead atoms. The monoisotopic (exact) mass is 427 g/mol. The van der Waals surface area contributed by atoms with Gasteiger partial charge in [0, 0.05) is 35.7 Å². The smallest absolute Gasteiger partial charge is 0.251 e. The molecule has 4 nitrogen and oxygen atoms in total. The molecule has 5 heteroatoms. The van der Waals surface area contributed by atoms with Gasteiger partial charge in [0.1, 0.15) is 11.6 Å². The van der Waals surface area contributed by atoms with Crippen molar-refractivity contribution in [3.05, 3.63) is 58.2 Å². The van der Waals surface area contributed by atoms with Crippen molar-refractivity contribution in [2.24, 2.45) is 0 Å². The highest BCUT2D eigenvalue weighted by Crippen LogP contribution is 2.42. The van der Waals surface area contributed by atoms with Crippen molar-refractivity contribution >= 4 is 5.91 Å². The van der Waals surface area contributed by atoms with Gasteiger partial charge in [-0.15, -0.1) is 0 Å². The van der Waals surface area contributed by atoms with Crippen molar-refractivity contribution in [1.82, 2.24) is 16.0 Å². The van der Waals surface area contributed by atoms with Crippen molar-refractivity contribution in [2.75, 3.05) is 13.6 Å². The SMILES string of the molecule is CC/C(C(C(=O)NCC1(c2ccccc2F)CCCC1)=C(C)C)=C(\NC)NC1(C)CC1. The molecule has 3 rings (SSSR count). The number of carbonyl (C=O) groups excluding carboxylic acids is 1. The standard InChI is InChI=1S/C26H38FN3O/c1-6-19(23(28-5)30-25(4)15-16-25)22(18(2)3)24(31)29-17-26(13-9-10-14-26)20-11-7-8-12-21(20)27/h7-8,11-12,28,30H,6,9-10,13-17H2,1-5H3,(H,29,31)/b23-19-. The average molecular weight is 428 g/mol. The van der Waals surface area contributed by atoms with Gasteiger partial charge in [-0.3, -0.25) is 4.79 Å². The number of benzene rings is 1. The topological polar surface area (TPSA) is 53.2 Å². The lowest BCUT2D eigenvalue weighted by Gasteiger charge is -2.31. The summed E-state index contributed by atoms with van der Waals surface area (Å²) in [7, 11) is 1.90. The molecule has 2 saturated carbocycles. The first-order valence-corrected chi connectivity index (χ1v) is 11.7. The van der Waals surface area contributed by atoms with Gasteiger partial charge in [-0.1, -0.05) is 43.5 Å². The molecule has 0 radical (unpaired) electrons. The van der Waals surface area contributed by atoms with Crippen LogP contribution in [0, 0.1) is 5.82 Å². The minimum Gasteiger partial charge on any atom is -0.375 e. The number of rotatable bonds is 9. The van der Waals surface area contributed by atoms with E-state index < -0.39 is 0 Å². The van der Waals surface area contributed by atoms with Crippen LogP contribution in [0.25, 0.3) is 0 Å². The van der Waals surface area contributed by atoms with E-state index >= 15 is 0 Å². The van der Waals surface area contributed by atoms with Crippen LogP contribution in [0.4, 0.5) is 4.39 Å². The summed E-state index contributed by atoms with van der Waals surface area (Å²) >= 11 is 0. The molecule has 3 N–H and O–H groups in total. The molecule has 0 unspecified atom stereocenters. The fourth-order valence-corrected chi connectivity index (χ4v) is 4.87. The molecule has 0 aromatic heterocycles. The van der Waals surface area contributed by atoms with E-state index in [9.17, 15) is 9.18 Å². The van der Waals surface area contributed by atoms with E-state index in [1.165, 1.54) is 6.07 Å². The third kappa shape index (κ3) is 5.13. The van der Waals surface area contributed by atoms with Gasteiger partial charge >= 0.3 is 0 Å². The molecular formula is C26H38FN3O. The Morgan fingerprint density at radius 3 is 2.26 bits per heavy atom. The van der Waals surface area contributed by atoms with Crippen LogP contribution in [0.15, 0.2) is 46.8 Å². The molecule has 0 atom stereocenters. The summed E-state index contributed by atoms with van der Waals surface area (Å²) < 4.78 is 14.6. The zero-order valence-corrected chi connectivity index (χ0v) is 19.8. The Morgan fingerprint density at radius 2 is 1.74 bits per heavy atom. The lowest BCUT2D eigenvalue weighted by molar-refractivity contribution is -0.117. The van der Waals surface area contributed by atoms with Crippen LogP contribution < -0.4 is 16.0 Å². The number of hydrogen-bond acceptors (Lipinski definition) is 3. The molecule has 0 heterocycles. The highest BCUT2D eigenvalue weighted by molar-refractivity contribution is 5.98. The van der Waals surface area contributed by atoms with E-state index in [-0.39, 0.29) is 22.7 Å². The number of nitrogens with one attached hydrogen (secondary N) is 3. The summed E-state index contributed by atoms with van der Waals surface area (Å²) in [6.07, 6.45) is 6.94. The van der Waals surface area contributed by atoms with Gasteiger partial charge in [-0.25, -0.2) is 4.39 Å². The molecule has 2 aliphatic carbocycles. The van der Waals surface area contributed by atoms with Gasteiger partial charge in [-0.05, 0) is 64.5 Å². The van der Waals surface area contributed by atoms with E-state index in [4.69, 9.17) is 0 Å². The Bertz CT molecular complexity index is 872. The number of halogens is 1. The lowest BCUT2D eigenvalue weighted by atomic mass is 9.78. The number of hydrogen-bond donors (Lipinski definition) is 3. The van der Waals surface area contributed by atoms with Crippen LogP contribution in [0.3, 0.4) is 0 Å². The quantitative estimate of drug-likeness (QED) is 0.381.